The first kappa shape index (κ1) is 11.1. The lowest BCUT2D eigenvalue weighted by Gasteiger charge is -2.25. The highest BCUT2D eigenvalue weighted by Gasteiger charge is 2.48. The van der Waals surface area contributed by atoms with Gasteiger partial charge in [-0.15, -0.1) is 0 Å². The Kier molecular flexibility index (Phi) is 3.69. The molecule has 4 nitrogen and oxygen atoms in total. The molecular weight excluding hydrogens is 261 g/mol. The summed E-state index contributed by atoms with van der Waals surface area (Å²) < 4.78 is -1.25. The molecule has 0 rings (SSSR count). The van der Waals surface area contributed by atoms with Crippen molar-refractivity contribution in [3.63, 3.8) is 0 Å². The molecule has 0 bridgehead atoms. The van der Waals surface area contributed by atoms with Crippen molar-refractivity contribution in [1.82, 2.24) is 0 Å². The highest BCUT2D eigenvalue weighted by Crippen LogP contribution is 2.32. The van der Waals surface area contributed by atoms with E-state index >= 15 is 0 Å². The van der Waals surface area contributed by atoms with Crippen LogP contribution in [0.3, 0.4) is 0 Å². The highest BCUT2D eigenvalue weighted by atomic mass is 127. The third-order valence-corrected chi connectivity index (χ3v) is 4.22. The van der Waals surface area contributed by atoms with E-state index in [1.54, 1.807) is 36.4 Å². The van der Waals surface area contributed by atoms with E-state index in [2.05, 4.69) is 0 Å². The van der Waals surface area contributed by atoms with Gasteiger partial charge >= 0.3 is 0 Å². The third kappa shape index (κ3) is 2.02. The van der Waals surface area contributed by atoms with Crippen molar-refractivity contribution in [2.45, 2.75) is 30.4 Å². The fraction of sp³-hybridized carbons (Fsp3) is 1.00. The molecule has 0 fully saturated rings. The molecule has 0 heterocycles. The topological polar surface area (TPSA) is 63.4 Å². The zero-order valence-electron chi connectivity index (χ0n) is 6.74. The Labute approximate surface area is 79.3 Å². The maximum absolute atomic E-state index is 10.5. The number of nitro groups is 1. The molecule has 2 atom stereocenters. The molecule has 0 aromatic carbocycles. The van der Waals surface area contributed by atoms with Crippen LogP contribution in [-0.2, 0) is 0 Å². The molecule has 2 unspecified atom stereocenters. The highest BCUT2D eigenvalue weighted by molar-refractivity contribution is 14.1. The minimum Gasteiger partial charge on any atom is -0.385 e. The molecule has 0 amide bonds. The van der Waals surface area contributed by atoms with Crippen molar-refractivity contribution in [3.8, 4) is 0 Å². The van der Waals surface area contributed by atoms with E-state index < -0.39 is 14.6 Å². The van der Waals surface area contributed by atoms with E-state index in [0.717, 1.165) is 0 Å². The van der Waals surface area contributed by atoms with Gasteiger partial charge in [-0.25, -0.2) is 0 Å². The molecule has 11 heavy (non-hydrogen) atoms. The van der Waals surface area contributed by atoms with Crippen molar-refractivity contribution < 1.29 is 10.0 Å². The van der Waals surface area contributed by atoms with Crippen LogP contribution >= 0.6 is 22.6 Å². The molecule has 0 saturated carbocycles. The third-order valence-electron chi connectivity index (χ3n) is 1.68. The summed E-state index contributed by atoms with van der Waals surface area (Å²) in [4.78, 5) is 10.1. The predicted octanol–water partition coefficient (Wildman–Crippen LogP) is 1.43. The Morgan fingerprint density at radius 1 is 1.55 bits per heavy atom. The monoisotopic (exact) mass is 273 g/mol. The summed E-state index contributed by atoms with van der Waals surface area (Å²) in [7, 11) is 0. The second-order valence-corrected chi connectivity index (χ2v) is 4.54. The number of aliphatic hydroxyl groups is 1. The van der Waals surface area contributed by atoms with Crippen molar-refractivity contribution in [2.75, 3.05) is 0 Å². The largest absolute Gasteiger partial charge is 0.385 e. The lowest BCUT2D eigenvalue weighted by molar-refractivity contribution is -0.550. The second kappa shape index (κ2) is 3.66. The lowest BCUT2D eigenvalue weighted by atomic mass is 10.0. The van der Waals surface area contributed by atoms with Crippen LogP contribution < -0.4 is 0 Å². The van der Waals surface area contributed by atoms with Gasteiger partial charge in [-0.1, -0.05) is 13.8 Å². The smallest absolute Gasteiger partial charge is 0.296 e. The van der Waals surface area contributed by atoms with E-state index in [1.807, 2.05) is 0 Å². The summed E-state index contributed by atoms with van der Waals surface area (Å²) in [5, 5.41) is 19.7. The van der Waals surface area contributed by atoms with Crippen LogP contribution in [0, 0.1) is 16.0 Å². The molecule has 0 aromatic rings. The van der Waals surface area contributed by atoms with E-state index in [9.17, 15) is 10.1 Å². The van der Waals surface area contributed by atoms with Crippen LogP contribution in [0.4, 0.5) is 0 Å². The summed E-state index contributed by atoms with van der Waals surface area (Å²) in [5.74, 6) is -0.182. The molecule has 0 saturated heterocycles. The molecule has 0 aliphatic rings. The Morgan fingerprint density at radius 2 is 1.91 bits per heavy atom. The van der Waals surface area contributed by atoms with Gasteiger partial charge in [0.25, 0.3) is 3.55 Å². The maximum atomic E-state index is 10.5. The van der Waals surface area contributed by atoms with Crippen molar-refractivity contribution in [2.24, 2.45) is 5.92 Å². The number of halogens is 1. The van der Waals surface area contributed by atoms with Gasteiger partial charge in [-0.3, -0.25) is 10.1 Å². The molecule has 66 valence electrons. The van der Waals surface area contributed by atoms with Gasteiger partial charge < -0.3 is 5.11 Å². The minimum atomic E-state index is -1.25. The van der Waals surface area contributed by atoms with Gasteiger partial charge in [0.05, 0.1) is 0 Å². The van der Waals surface area contributed by atoms with E-state index in [0.29, 0.717) is 0 Å². The number of aliphatic hydroxyl groups excluding tert-OH is 1. The zero-order chi connectivity index (χ0) is 9.23. The Bertz CT molecular complexity index is 150. The SMILES string of the molecule is CC(C)C(I)(C(C)O)[N+](=O)[O-]. The Hall–Kier alpha value is 0.0900. The van der Waals surface area contributed by atoms with Crippen LogP contribution in [0.25, 0.3) is 0 Å². The summed E-state index contributed by atoms with van der Waals surface area (Å²) >= 11 is 1.70. The maximum Gasteiger partial charge on any atom is 0.296 e. The van der Waals surface area contributed by atoms with Gasteiger partial charge in [-0.05, 0) is 6.92 Å². The van der Waals surface area contributed by atoms with Crippen molar-refractivity contribution >= 4 is 22.6 Å². The molecule has 0 spiro atoms. The van der Waals surface area contributed by atoms with Gasteiger partial charge in [0.2, 0.25) is 0 Å². The molecular formula is C6H12INO3. The molecule has 1 N–H and O–H groups in total. The van der Waals surface area contributed by atoms with Gasteiger partial charge in [0.1, 0.15) is 6.10 Å². The number of hydrogen-bond donors (Lipinski definition) is 1. The Balaban J connectivity index is 4.67. The van der Waals surface area contributed by atoms with Gasteiger partial charge in [0, 0.05) is 33.4 Å². The fourth-order valence-electron chi connectivity index (χ4n) is 0.846. The van der Waals surface area contributed by atoms with Crippen molar-refractivity contribution in [1.29, 1.82) is 0 Å². The van der Waals surface area contributed by atoms with E-state index in [4.69, 9.17) is 5.11 Å². The van der Waals surface area contributed by atoms with Crippen LogP contribution in [0.5, 0.6) is 0 Å². The molecule has 0 radical (unpaired) electrons. The number of hydrogen-bond acceptors (Lipinski definition) is 3. The van der Waals surface area contributed by atoms with E-state index in [-0.39, 0.29) is 5.92 Å². The summed E-state index contributed by atoms with van der Waals surface area (Å²) in [6.07, 6.45) is -0.932. The average Bonchev–Trinajstić information content (AvgIpc) is 1.84. The molecule has 0 aliphatic carbocycles. The first-order valence-electron chi connectivity index (χ1n) is 3.35. The summed E-state index contributed by atoms with van der Waals surface area (Å²) in [6, 6.07) is 0. The number of rotatable bonds is 3. The Morgan fingerprint density at radius 3 is 1.91 bits per heavy atom. The molecule has 5 heteroatoms. The first-order valence-corrected chi connectivity index (χ1v) is 4.42. The van der Waals surface area contributed by atoms with Crippen LogP contribution in [-0.4, -0.2) is 19.7 Å². The first-order chi connectivity index (χ1) is 4.83. The zero-order valence-corrected chi connectivity index (χ0v) is 8.90. The molecule has 0 aliphatic heterocycles. The average molecular weight is 273 g/mol. The van der Waals surface area contributed by atoms with E-state index in [1.165, 1.54) is 6.92 Å². The second-order valence-electron chi connectivity index (χ2n) is 2.82. The minimum absolute atomic E-state index is 0.182. The number of nitrogens with zero attached hydrogens (tertiary/aromatic N) is 1. The quantitative estimate of drug-likeness (QED) is 0.278. The lowest BCUT2D eigenvalue weighted by Crippen LogP contribution is -2.46. The normalized spacial score (nSPS) is 19.5. The van der Waals surface area contributed by atoms with Crippen molar-refractivity contribution in [3.05, 3.63) is 10.1 Å². The summed E-state index contributed by atoms with van der Waals surface area (Å²) in [6.45, 7) is 4.89. The van der Waals surface area contributed by atoms with Crippen LogP contribution in [0.15, 0.2) is 0 Å². The van der Waals surface area contributed by atoms with Crippen LogP contribution in [0.1, 0.15) is 20.8 Å². The van der Waals surface area contributed by atoms with Crippen LogP contribution in [0.2, 0.25) is 0 Å². The molecule has 0 aromatic heterocycles. The summed E-state index contributed by atoms with van der Waals surface area (Å²) in [5.41, 5.74) is 0. The van der Waals surface area contributed by atoms with Gasteiger partial charge in [-0.2, -0.15) is 0 Å². The fourth-order valence-corrected chi connectivity index (χ4v) is 0.846. The van der Waals surface area contributed by atoms with Gasteiger partial charge in [0.15, 0.2) is 0 Å². The predicted molar refractivity (Wildman–Crippen MR) is 50.3 cm³/mol. The standard InChI is InChI=1S/C6H12INO3/c1-4(2)6(7,5(3)9)8(10)11/h4-5,9H,1-3H3. The number of alkyl halides is 1.